The van der Waals surface area contributed by atoms with Crippen LogP contribution in [0.4, 0.5) is 0 Å². The SMILES string of the molecule is COc1c(C)cnc(CC(N)c2ccc(C)cc2C)c1C. The lowest BCUT2D eigenvalue weighted by molar-refractivity contribution is 0.406. The molecule has 0 aliphatic heterocycles. The molecule has 1 aromatic carbocycles. The maximum absolute atomic E-state index is 6.40. The molecule has 2 N–H and O–H groups in total. The highest BCUT2D eigenvalue weighted by Gasteiger charge is 2.15. The van der Waals surface area contributed by atoms with E-state index >= 15 is 0 Å². The first kappa shape index (κ1) is 15.5. The van der Waals surface area contributed by atoms with Gasteiger partial charge in [-0.25, -0.2) is 0 Å². The monoisotopic (exact) mass is 284 g/mol. The summed E-state index contributed by atoms with van der Waals surface area (Å²) in [7, 11) is 1.70. The van der Waals surface area contributed by atoms with Crippen molar-refractivity contribution in [2.45, 2.75) is 40.2 Å². The number of benzene rings is 1. The lowest BCUT2D eigenvalue weighted by atomic mass is 9.95. The van der Waals surface area contributed by atoms with E-state index in [0.717, 1.165) is 22.6 Å². The highest BCUT2D eigenvalue weighted by atomic mass is 16.5. The van der Waals surface area contributed by atoms with Crippen molar-refractivity contribution in [2.24, 2.45) is 5.73 Å². The predicted octanol–water partition coefficient (Wildman–Crippen LogP) is 3.57. The molecule has 0 amide bonds. The molecule has 21 heavy (non-hydrogen) atoms. The number of nitrogens with two attached hydrogens (primary N) is 1. The summed E-state index contributed by atoms with van der Waals surface area (Å²) in [6.07, 6.45) is 2.57. The van der Waals surface area contributed by atoms with Gasteiger partial charge in [0, 0.05) is 35.5 Å². The van der Waals surface area contributed by atoms with Gasteiger partial charge in [0.15, 0.2) is 0 Å². The van der Waals surface area contributed by atoms with Crippen LogP contribution < -0.4 is 10.5 Å². The largest absolute Gasteiger partial charge is 0.496 e. The average molecular weight is 284 g/mol. The van der Waals surface area contributed by atoms with Gasteiger partial charge in [-0.15, -0.1) is 0 Å². The molecular weight excluding hydrogens is 260 g/mol. The highest BCUT2D eigenvalue weighted by Crippen LogP contribution is 2.27. The van der Waals surface area contributed by atoms with Gasteiger partial charge in [-0.05, 0) is 38.8 Å². The lowest BCUT2D eigenvalue weighted by Crippen LogP contribution is -2.16. The van der Waals surface area contributed by atoms with Gasteiger partial charge in [0.1, 0.15) is 5.75 Å². The van der Waals surface area contributed by atoms with E-state index in [4.69, 9.17) is 10.5 Å². The van der Waals surface area contributed by atoms with Gasteiger partial charge in [-0.3, -0.25) is 4.98 Å². The van der Waals surface area contributed by atoms with Gasteiger partial charge >= 0.3 is 0 Å². The Balaban J connectivity index is 2.29. The van der Waals surface area contributed by atoms with Crippen LogP contribution in [0, 0.1) is 27.7 Å². The van der Waals surface area contributed by atoms with Crippen LogP contribution in [0.1, 0.15) is 39.6 Å². The number of nitrogens with zero attached hydrogens (tertiary/aromatic N) is 1. The third-order valence-corrected chi connectivity index (χ3v) is 3.99. The zero-order valence-electron chi connectivity index (χ0n) is 13.5. The summed E-state index contributed by atoms with van der Waals surface area (Å²) in [5.41, 5.74) is 13.2. The van der Waals surface area contributed by atoms with E-state index in [1.54, 1.807) is 7.11 Å². The first-order valence-electron chi connectivity index (χ1n) is 7.25. The Hall–Kier alpha value is -1.87. The van der Waals surface area contributed by atoms with Crippen molar-refractivity contribution < 1.29 is 4.74 Å². The maximum Gasteiger partial charge on any atom is 0.128 e. The van der Waals surface area contributed by atoms with E-state index in [9.17, 15) is 0 Å². The topological polar surface area (TPSA) is 48.1 Å². The number of aromatic nitrogens is 1. The zero-order chi connectivity index (χ0) is 15.6. The van der Waals surface area contributed by atoms with Crippen LogP contribution in [-0.4, -0.2) is 12.1 Å². The van der Waals surface area contributed by atoms with Crippen LogP contribution >= 0.6 is 0 Å². The van der Waals surface area contributed by atoms with Crippen LogP contribution in [0.3, 0.4) is 0 Å². The lowest BCUT2D eigenvalue weighted by Gasteiger charge is -2.18. The van der Waals surface area contributed by atoms with Gasteiger partial charge in [0.05, 0.1) is 7.11 Å². The minimum absolute atomic E-state index is 0.0517. The molecule has 0 radical (unpaired) electrons. The second kappa shape index (κ2) is 6.27. The second-order valence-electron chi connectivity index (χ2n) is 5.72. The average Bonchev–Trinajstić information content (AvgIpc) is 2.42. The van der Waals surface area contributed by atoms with Crippen molar-refractivity contribution in [1.82, 2.24) is 4.98 Å². The number of methoxy groups -OCH3 is 1. The van der Waals surface area contributed by atoms with Gasteiger partial charge < -0.3 is 10.5 Å². The predicted molar refractivity (Wildman–Crippen MR) is 86.8 cm³/mol. The van der Waals surface area contributed by atoms with Crippen LogP contribution in [-0.2, 0) is 6.42 Å². The molecule has 0 saturated carbocycles. The number of rotatable bonds is 4. The summed E-state index contributed by atoms with van der Waals surface area (Å²) >= 11 is 0. The fourth-order valence-corrected chi connectivity index (χ4v) is 2.84. The first-order valence-corrected chi connectivity index (χ1v) is 7.25. The molecule has 112 valence electrons. The van der Waals surface area contributed by atoms with E-state index < -0.39 is 0 Å². The normalized spacial score (nSPS) is 12.3. The van der Waals surface area contributed by atoms with Crippen molar-refractivity contribution in [3.8, 4) is 5.75 Å². The number of ether oxygens (including phenoxy) is 1. The van der Waals surface area contributed by atoms with E-state index in [1.165, 1.54) is 16.7 Å². The molecule has 0 saturated heterocycles. The Labute approximate surface area is 127 Å². The van der Waals surface area contributed by atoms with E-state index in [1.807, 2.05) is 20.0 Å². The van der Waals surface area contributed by atoms with Crippen molar-refractivity contribution in [3.05, 3.63) is 57.9 Å². The standard InChI is InChI=1S/C18H24N2O/c1-11-6-7-15(12(2)8-11)16(19)9-17-14(4)18(21-5)13(3)10-20-17/h6-8,10,16H,9,19H2,1-5H3. The molecule has 1 atom stereocenters. The van der Waals surface area contributed by atoms with Crippen molar-refractivity contribution in [3.63, 3.8) is 0 Å². The molecule has 0 bridgehead atoms. The van der Waals surface area contributed by atoms with E-state index in [2.05, 4.69) is 37.0 Å². The Morgan fingerprint density at radius 2 is 1.86 bits per heavy atom. The molecule has 0 aliphatic carbocycles. The number of pyridine rings is 1. The summed E-state index contributed by atoms with van der Waals surface area (Å²) in [6.45, 7) is 8.26. The Bertz CT molecular complexity index is 650. The molecule has 0 fully saturated rings. The van der Waals surface area contributed by atoms with Crippen LogP contribution in [0.2, 0.25) is 0 Å². The Morgan fingerprint density at radius 1 is 1.14 bits per heavy atom. The number of hydrogen-bond donors (Lipinski definition) is 1. The van der Waals surface area contributed by atoms with Crippen LogP contribution in [0.15, 0.2) is 24.4 Å². The molecule has 3 heteroatoms. The Morgan fingerprint density at radius 3 is 2.48 bits per heavy atom. The van der Waals surface area contributed by atoms with Crippen molar-refractivity contribution in [2.75, 3.05) is 7.11 Å². The molecule has 2 rings (SSSR count). The third-order valence-electron chi connectivity index (χ3n) is 3.99. The van der Waals surface area contributed by atoms with Gasteiger partial charge in [0.25, 0.3) is 0 Å². The smallest absolute Gasteiger partial charge is 0.128 e. The summed E-state index contributed by atoms with van der Waals surface area (Å²) in [5, 5.41) is 0. The minimum Gasteiger partial charge on any atom is -0.496 e. The van der Waals surface area contributed by atoms with Crippen LogP contribution in [0.25, 0.3) is 0 Å². The minimum atomic E-state index is -0.0517. The summed E-state index contributed by atoms with van der Waals surface area (Å²) in [6, 6.07) is 6.35. The summed E-state index contributed by atoms with van der Waals surface area (Å²) < 4.78 is 5.46. The quantitative estimate of drug-likeness (QED) is 0.933. The number of aryl methyl sites for hydroxylation is 3. The van der Waals surface area contributed by atoms with Crippen molar-refractivity contribution >= 4 is 0 Å². The highest BCUT2D eigenvalue weighted by molar-refractivity contribution is 5.42. The molecule has 1 unspecified atom stereocenters. The van der Waals surface area contributed by atoms with E-state index in [-0.39, 0.29) is 6.04 Å². The number of hydrogen-bond acceptors (Lipinski definition) is 3. The molecule has 0 spiro atoms. The van der Waals surface area contributed by atoms with Gasteiger partial charge in [0.2, 0.25) is 0 Å². The Kier molecular flexibility index (Phi) is 4.63. The molecule has 1 aromatic heterocycles. The van der Waals surface area contributed by atoms with Gasteiger partial charge in [-0.2, -0.15) is 0 Å². The molecule has 2 aromatic rings. The fraction of sp³-hybridized carbons (Fsp3) is 0.389. The zero-order valence-corrected chi connectivity index (χ0v) is 13.5. The van der Waals surface area contributed by atoms with Gasteiger partial charge in [-0.1, -0.05) is 23.8 Å². The first-order chi connectivity index (χ1) is 9.93. The van der Waals surface area contributed by atoms with Crippen LogP contribution in [0.5, 0.6) is 5.75 Å². The molecule has 0 aliphatic rings. The van der Waals surface area contributed by atoms with E-state index in [0.29, 0.717) is 6.42 Å². The second-order valence-corrected chi connectivity index (χ2v) is 5.72. The molecule has 1 heterocycles. The maximum atomic E-state index is 6.40. The summed E-state index contributed by atoms with van der Waals surface area (Å²) in [4.78, 5) is 4.54. The summed E-state index contributed by atoms with van der Waals surface area (Å²) in [5.74, 6) is 0.910. The fourth-order valence-electron chi connectivity index (χ4n) is 2.84. The molecule has 3 nitrogen and oxygen atoms in total. The third kappa shape index (κ3) is 3.24. The molecular formula is C18H24N2O. The van der Waals surface area contributed by atoms with Crippen molar-refractivity contribution in [1.29, 1.82) is 0 Å².